The highest BCUT2D eigenvalue weighted by Gasteiger charge is 2.72. The van der Waals surface area contributed by atoms with E-state index in [1.165, 1.54) is 0 Å². The van der Waals surface area contributed by atoms with Crippen molar-refractivity contribution in [2.45, 2.75) is 115 Å². The first-order valence-electron chi connectivity index (χ1n) is 16.2. The third kappa shape index (κ3) is 5.62. The van der Waals surface area contributed by atoms with E-state index in [9.17, 15) is 5.11 Å². The van der Waals surface area contributed by atoms with Crippen LogP contribution >= 0.6 is 0 Å². The van der Waals surface area contributed by atoms with Gasteiger partial charge in [0.25, 0.3) is 0 Å². The second kappa shape index (κ2) is 12.3. The Hall–Kier alpha value is -2.00. The number of aryl methyl sites for hydroxylation is 1. The number of benzene rings is 2. The second-order valence-corrected chi connectivity index (χ2v) is 20.1. The van der Waals surface area contributed by atoms with Crippen LogP contribution in [-0.2, 0) is 37.1 Å². The largest absolute Gasteiger partial charge is 0.467 e. The van der Waals surface area contributed by atoms with Gasteiger partial charge in [0, 0.05) is 36.0 Å². The number of fused-ring (bicyclic) bond motifs is 5. The van der Waals surface area contributed by atoms with Gasteiger partial charge in [-0.15, -0.1) is 0 Å². The van der Waals surface area contributed by atoms with Crippen LogP contribution in [0.3, 0.4) is 0 Å². The molecule has 0 bridgehead atoms. The molecule has 0 heterocycles. The van der Waals surface area contributed by atoms with Crippen molar-refractivity contribution in [3.8, 4) is 5.75 Å². The molecule has 6 nitrogen and oxygen atoms in total. The lowest BCUT2D eigenvalue weighted by molar-refractivity contribution is -0.281. The third-order valence-corrected chi connectivity index (χ3v) is 16.0. The van der Waals surface area contributed by atoms with Crippen LogP contribution in [0, 0.1) is 18.3 Å². The molecule has 6 atom stereocenters. The van der Waals surface area contributed by atoms with Crippen molar-refractivity contribution < 1.29 is 28.5 Å². The van der Waals surface area contributed by atoms with Gasteiger partial charge >= 0.3 is 0 Å². The number of aliphatic hydroxyl groups is 1. The molecule has 0 unspecified atom stereocenters. The van der Waals surface area contributed by atoms with E-state index in [0.29, 0.717) is 19.4 Å². The average Bonchev–Trinajstić information content (AvgIpc) is 2.96. The van der Waals surface area contributed by atoms with E-state index in [0.717, 1.165) is 40.8 Å². The molecule has 0 aliphatic heterocycles. The highest BCUT2D eigenvalue weighted by Crippen LogP contribution is 2.66. The lowest BCUT2D eigenvalue weighted by Crippen LogP contribution is -2.76. The normalized spacial score (nSPS) is 31.6. The zero-order chi connectivity index (χ0) is 32.0. The van der Waals surface area contributed by atoms with Gasteiger partial charge in [-0.1, -0.05) is 83.2 Å². The number of rotatable bonds is 10. The Morgan fingerprint density at radius 3 is 2.43 bits per heavy atom. The smallest absolute Gasteiger partial charge is 0.192 e. The van der Waals surface area contributed by atoms with Gasteiger partial charge in [0.15, 0.2) is 15.1 Å². The lowest BCUT2D eigenvalue weighted by atomic mass is 9.41. The van der Waals surface area contributed by atoms with Crippen molar-refractivity contribution in [1.29, 1.82) is 0 Å². The van der Waals surface area contributed by atoms with E-state index >= 15 is 0 Å². The fourth-order valence-corrected chi connectivity index (χ4v) is 9.50. The van der Waals surface area contributed by atoms with Crippen LogP contribution < -0.4 is 4.74 Å². The molecular formula is C37H54O6Si. The summed E-state index contributed by atoms with van der Waals surface area (Å²) in [6, 6.07) is 14.5. The van der Waals surface area contributed by atoms with Crippen molar-refractivity contribution in [2.75, 3.05) is 20.7 Å². The highest BCUT2D eigenvalue weighted by molar-refractivity contribution is 6.74. The minimum absolute atomic E-state index is 0.000836. The number of ether oxygens (including phenoxy) is 4. The lowest BCUT2D eigenvalue weighted by Gasteiger charge is -2.68. The number of methoxy groups -OCH3 is 1. The van der Waals surface area contributed by atoms with Crippen molar-refractivity contribution in [3.63, 3.8) is 0 Å². The molecule has 1 fully saturated rings. The summed E-state index contributed by atoms with van der Waals surface area (Å²) < 4.78 is 31.6. The van der Waals surface area contributed by atoms with Crippen LogP contribution in [0.15, 0.2) is 54.6 Å². The summed E-state index contributed by atoms with van der Waals surface area (Å²) in [5.74, 6) is 0.952. The molecule has 7 heteroatoms. The van der Waals surface area contributed by atoms with Gasteiger partial charge in [-0.3, -0.25) is 0 Å². The fourth-order valence-electron chi connectivity index (χ4n) is 8.14. The summed E-state index contributed by atoms with van der Waals surface area (Å²) in [5, 5.41) is 13.6. The Kier molecular flexibility index (Phi) is 9.33. The van der Waals surface area contributed by atoms with Gasteiger partial charge in [-0.25, -0.2) is 0 Å². The van der Waals surface area contributed by atoms with E-state index in [1.807, 2.05) is 30.3 Å². The first kappa shape index (κ1) is 33.4. The molecule has 0 aromatic heterocycles. The number of hydrogen-bond acceptors (Lipinski definition) is 6. The average molecular weight is 623 g/mol. The SMILES string of the molecule is COCOc1cc(C)cc2c1C[C@H](OCOCc1ccccc1)[C@]1(O)[C@@]2(C)C[C@@H](O[Si](C)(C)C(C)(C)C)[C@H]2CC=CC[C@]21C. The Bertz CT molecular complexity index is 1340. The first-order valence-corrected chi connectivity index (χ1v) is 19.1. The summed E-state index contributed by atoms with van der Waals surface area (Å²) in [6.45, 7) is 18.9. The highest BCUT2D eigenvalue weighted by atomic mass is 28.4. The Balaban J connectivity index is 1.60. The molecule has 5 rings (SSSR count). The fraction of sp³-hybridized carbons (Fsp3) is 0.622. The monoisotopic (exact) mass is 622 g/mol. The van der Waals surface area contributed by atoms with Crippen LogP contribution in [0.5, 0.6) is 5.75 Å². The van der Waals surface area contributed by atoms with E-state index in [1.54, 1.807) is 7.11 Å². The molecular weight excluding hydrogens is 568 g/mol. The number of hydrogen-bond donors (Lipinski definition) is 1. The summed E-state index contributed by atoms with van der Waals surface area (Å²) in [7, 11) is -0.481. The molecule has 1 saturated carbocycles. The van der Waals surface area contributed by atoms with E-state index < -0.39 is 30.9 Å². The van der Waals surface area contributed by atoms with Gasteiger partial charge in [-0.05, 0) is 73.0 Å². The second-order valence-electron chi connectivity index (χ2n) is 15.3. The van der Waals surface area contributed by atoms with Crippen LogP contribution in [0.4, 0.5) is 0 Å². The molecule has 3 aliphatic carbocycles. The van der Waals surface area contributed by atoms with E-state index in [-0.39, 0.29) is 30.6 Å². The van der Waals surface area contributed by atoms with Gasteiger partial charge in [0.1, 0.15) is 18.1 Å². The predicted molar refractivity (Wildman–Crippen MR) is 177 cm³/mol. The Morgan fingerprint density at radius 2 is 1.75 bits per heavy atom. The maximum Gasteiger partial charge on any atom is 0.192 e. The maximum absolute atomic E-state index is 13.5. The van der Waals surface area contributed by atoms with Gasteiger partial charge in [-0.2, -0.15) is 0 Å². The van der Waals surface area contributed by atoms with Crippen molar-refractivity contribution in [1.82, 2.24) is 0 Å². The molecule has 0 radical (unpaired) electrons. The minimum atomic E-state index is -2.12. The molecule has 242 valence electrons. The van der Waals surface area contributed by atoms with E-state index in [2.05, 4.69) is 78.9 Å². The first-order chi connectivity index (χ1) is 20.7. The maximum atomic E-state index is 13.5. The molecule has 1 N–H and O–H groups in total. The molecule has 3 aliphatic rings. The van der Waals surface area contributed by atoms with Crippen LogP contribution in [-0.4, -0.2) is 51.9 Å². The zero-order valence-corrected chi connectivity index (χ0v) is 29.4. The third-order valence-electron chi connectivity index (χ3n) is 11.5. The summed E-state index contributed by atoms with van der Waals surface area (Å²) >= 11 is 0. The van der Waals surface area contributed by atoms with Crippen molar-refractivity contribution in [3.05, 3.63) is 76.9 Å². The van der Waals surface area contributed by atoms with Gasteiger partial charge < -0.3 is 28.5 Å². The quantitative estimate of drug-likeness (QED) is 0.126. The molecule has 0 spiro atoms. The summed E-state index contributed by atoms with van der Waals surface area (Å²) in [5.41, 5.74) is 2.07. The predicted octanol–water partition coefficient (Wildman–Crippen LogP) is 7.85. The molecule has 44 heavy (non-hydrogen) atoms. The standard InChI is InChI=1S/C37H54O6Si/c1-26-19-30-28(31(20-26)41-24-39-7)21-33(42-25-40-23-27-15-11-10-12-16-27)37(38)35(5)18-14-13-17-29(35)32(22-36(30,37)6)43-44(8,9)34(2,3)4/h10-16,19-20,29,32-33,38H,17-18,21-25H2,1-9H3/t29-,32-,33+,35-,36+,37-/m1/s1. The van der Waals surface area contributed by atoms with Crippen molar-refractivity contribution in [2.24, 2.45) is 11.3 Å². The molecule has 2 aromatic carbocycles. The van der Waals surface area contributed by atoms with Crippen molar-refractivity contribution >= 4 is 8.32 Å². The zero-order valence-electron chi connectivity index (χ0n) is 28.4. The minimum Gasteiger partial charge on any atom is -0.467 e. The Morgan fingerprint density at radius 1 is 1.02 bits per heavy atom. The van der Waals surface area contributed by atoms with Crippen LogP contribution in [0.25, 0.3) is 0 Å². The van der Waals surface area contributed by atoms with Gasteiger partial charge in [0.2, 0.25) is 0 Å². The summed E-state index contributed by atoms with van der Waals surface area (Å²) in [4.78, 5) is 0. The van der Waals surface area contributed by atoms with E-state index in [4.69, 9.17) is 23.4 Å². The Labute approximate surface area is 266 Å². The molecule has 2 aromatic rings. The van der Waals surface area contributed by atoms with Gasteiger partial charge in [0.05, 0.1) is 12.7 Å². The van der Waals surface area contributed by atoms with Crippen LogP contribution in [0.1, 0.15) is 76.1 Å². The molecule has 0 saturated heterocycles. The molecule has 0 amide bonds. The topological polar surface area (TPSA) is 66.4 Å². The van der Waals surface area contributed by atoms with Crippen LogP contribution in [0.2, 0.25) is 18.1 Å². The summed E-state index contributed by atoms with van der Waals surface area (Å²) in [6.07, 6.45) is 6.91. The number of allylic oxidation sites excluding steroid dienone is 2.